The predicted octanol–water partition coefficient (Wildman–Crippen LogP) is 3.32. The molecule has 0 radical (unpaired) electrons. The molecule has 0 spiro atoms. The van der Waals surface area contributed by atoms with Crippen LogP contribution in [-0.4, -0.2) is 30.3 Å². The van der Waals surface area contributed by atoms with Crippen LogP contribution in [0.15, 0.2) is 22.9 Å². The molecule has 1 aromatic heterocycles. The van der Waals surface area contributed by atoms with Crippen LogP contribution in [-0.2, 0) is 11.2 Å². The Kier molecular flexibility index (Phi) is 6.28. The lowest BCUT2D eigenvalue weighted by atomic mass is 10.00. The molecular formula is C15H23BrN2O. The van der Waals surface area contributed by atoms with Crippen molar-refractivity contribution in [3.05, 3.63) is 28.5 Å². The predicted molar refractivity (Wildman–Crippen MR) is 81.3 cm³/mol. The molecule has 1 N–H and O–H groups in total. The fourth-order valence-corrected chi connectivity index (χ4v) is 3.00. The average molecular weight is 327 g/mol. The first-order valence-electron chi connectivity index (χ1n) is 7.22. The van der Waals surface area contributed by atoms with Gasteiger partial charge < -0.3 is 10.1 Å². The van der Waals surface area contributed by atoms with Gasteiger partial charge in [0.15, 0.2) is 0 Å². The topological polar surface area (TPSA) is 34.2 Å². The van der Waals surface area contributed by atoms with Gasteiger partial charge in [0.25, 0.3) is 0 Å². The minimum absolute atomic E-state index is 0.439. The van der Waals surface area contributed by atoms with E-state index in [0.29, 0.717) is 12.1 Å². The smallest absolute Gasteiger partial charge is 0.0590 e. The van der Waals surface area contributed by atoms with E-state index in [1.165, 1.54) is 24.8 Å². The monoisotopic (exact) mass is 326 g/mol. The maximum atomic E-state index is 5.76. The van der Waals surface area contributed by atoms with E-state index < -0.39 is 0 Å². The van der Waals surface area contributed by atoms with Crippen molar-refractivity contribution < 1.29 is 4.74 Å². The Bertz CT molecular complexity index is 380. The van der Waals surface area contributed by atoms with Gasteiger partial charge in [-0.25, -0.2) is 0 Å². The minimum atomic E-state index is 0.439. The van der Waals surface area contributed by atoms with Gasteiger partial charge in [0.2, 0.25) is 0 Å². The maximum Gasteiger partial charge on any atom is 0.0590 e. The molecule has 1 aliphatic rings. The zero-order valence-corrected chi connectivity index (χ0v) is 13.2. The fourth-order valence-electron chi connectivity index (χ4n) is 2.59. The summed E-state index contributed by atoms with van der Waals surface area (Å²) in [4.78, 5) is 4.24. The Labute approximate surface area is 124 Å². The van der Waals surface area contributed by atoms with Gasteiger partial charge in [-0.3, -0.25) is 4.98 Å². The lowest BCUT2D eigenvalue weighted by Gasteiger charge is -2.21. The van der Waals surface area contributed by atoms with Gasteiger partial charge in [-0.05, 0) is 66.2 Å². The van der Waals surface area contributed by atoms with Gasteiger partial charge in [-0.15, -0.1) is 0 Å². The van der Waals surface area contributed by atoms with E-state index >= 15 is 0 Å². The molecule has 0 aromatic carbocycles. The highest BCUT2D eigenvalue weighted by Gasteiger charge is 2.20. The summed E-state index contributed by atoms with van der Waals surface area (Å²) in [5.74, 6) is 0. The molecule has 1 saturated heterocycles. The van der Waals surface area contributed by atoms with Crippen LogP contribution in [0.5, 0.6) is 0 Å². The van der Waals surface area contributed by atoms with Crippen molar-refractivity contribution >= 4 is 15.9 Å². The highest BCUT2D eigenvalue weighted by atomic mass is 79.9. The molecule has 2 heterocycles. The number of ether oxygens (including phenoxy) is 1. The zero-order valence-electron chi connectivity index (χ0n) is 11.6. The molecule has 1 aromatic rings. The van der Waals surface area contributed by atoms with E-state index in [2.05, 4.69) is 39.2 Å². The van der Waals surface area contributed by atoms with E-state index in [4.69, 9.17) is 4.74 Å². The standard InChI is InChI=1S/C15H23BrN2O/c1-2-5-18-14(9-15-4-3-6-19-15)8-12-7-13(16)11-17-10-12/h7,10-11,14-15,18H,2-6,8-9H2,1H3. The summed E-state index contributed by atoms with van der Waals surface area (Å²) >= 11 is 3.49. The third-order valence-electron chi connectivity index (χ3n) is 3.50. The van der Waals surface area contributed by atoms with Gasteiger partial charge in [0.05, 0.1) is 6.10 Å². The Hall–Kier alpha value is -0.450. The molecule has 1 fully saturated rings. The number of pyridine rings is 1. The lowest BCUT2D eigenvalue weighted by Crippen LogP contribution is -2.35. The number of hydrogen-bond acceptors (Lipinski definition) is 3. The van der Waals surface area contributed by atoms with Crippen LogP contribution in [0.4, 0.5) is 0 Å². The van der Waals surface area contributed by atoms with Crippen molar-refractivity contribution in [3.8, 4) is 0 Å². The number of halogens is 1. The van der Waals surface area contributed by atoms with Crippen molar-refractivity contribution in [1.29, 1.82) is 0 Å². The summed E-state index contributed by atoms with van der Waals surface area (Å²) in [6.45, 7) is 4.21. The van der Waals surface area contributed by atoms with Gasteiger partial charge in [-0.2, -0.15) is 0 Å². The zero-order chi connectivity index (χ0) is 13.5. The second-order valence-corrected chi connectivity index (χ2v) is 6.15. The summed E-state index contributed by atoms with van der Waals surface area (Å²) in [5.41, 5.74) is 1.28. The van der Waals surface area contributed by atoms with Gasteiger partial charge >= 0.3 is 0 Å². The van der Waals surface area contributed by atoms with Crippen molar-refractivity contribution in [2.24, 2.45) is 0 Å². The molecule has 0 amide bonds. The quantitative estimate of drug-likeness (QED) is 0.834. The van der Waals surface area contributed by atoms with Crippen LogP contribution < -0.4 is 5.32 Å². The van der Waals surface area contributed by atoms with E-state index in [-0.39, 0.29) is 0 Å². The first kappa shape index (κ1) is 14.9. The second-order valence-electron chi connectivity index (χ2n) is 5.24. The van der Waals surface area contributed by atoms with Crippen molar-refractivity contribution in [2.75, 3.05) is 13.2 Å². The molecule has 2 atom stereocenters. The molecule has 0 bridgehead atoms. The Balaban J connectivity index is 1.92. The highest BCUT2D eigenvalue weighted by Crippen LogP contribution is 2.19. The normalized spacial score (nSPS) is 20.6. The van der Waals surface area contributed by atoms with Crippen LogP contribution in [0.3, 0.4) is 0 Å². The average Bonchev–Trinajstić information content (AvgIpc) is 2.89. The molecule has 4 heteroatoms. The molecule has 106 valence electrons. The molecule has 2 rings (SSSR count). The number of nitrogens with zero attached hydrogens (tertiary/aromatic N) is 1. The van der Waals surface area contributed by atoms with Gasteiger partial charge in [0.1, 0.15) is 0 Å². The van der Waals surface area contributed by atoms with Crippen LogP contribution in [0.25, 0.3) is 0 Å². The molecule has 0 saturated carbocycles. The van der Waals surface area contributed by atoms with Gasteiger partial charge in [0, 0.05) is 29.5 Å². The SMILES string of the molecule is CCCNC(Cc1cncc(Br)c1)CC1CCCO1. The molecule has 19 heavy (non-hydrogen) atoms. The van der Waals surface area contributed by atoms with E-state index in [1.54, 1.807) is 0 Å². The summed E-state index contributed by atoms with van der Waals surface area (Å²) in [6.07, 6.45) is 9.94. The third kappa shape index (κ3) is 5.21. The largest absolute Gasteiger partial charge is 0.378 e. The van der Waals surface area contributed by atoms with Crippen molar-refractivity contribution in [2.45, 2.75) is 51.2 Å². The Morgan fingerprint density at radius 2 is 2.42 bits per heavy atom. The fraction of sp³-hybridized carbons (Fsp3) is 0.667. The number of nitrogens with one attached hydrogen (secondary N) is 1. The molecule has 2 unspecified atom stereocenters. The molecular weight excluding hydrogens is 304 g/mol. The first-order valence-corrected chi connectivity index (χ1v) is 8.01. The Morgan fingerprint density at radius 1 is 1.53 bits per heavy atom. The summed E-state index contributed by atoms with van der Waals surface area (Å²) in [7, 11) is 0. The second kappa shape index (κ2) is 7.98. The van der Waals surface area contributed by atoms with Crippen LogP contribution >= 0.6 is 15.9 Å². The third-order valence-corrected chi connectivity index (χ3v) is 3.93. The lowest BCUT2D eigenvalue weighted by molar-refractivity contribution is 0.0946. The summed E-state index contributed by atoms with van der Waals surface area (Å²) < 4.78 is 6.81. The van der Waals surface area contributed by atoms with Gasteiger partial charge in [-0.1, -0.05) is 6.92 Å². The molecule has 0 aliphatic carbocycles. The molecule has 3 nitrogen and oxygen atoms in total. The maximum absolute atomic E-state index is 5.76. The van der Waals surface area contributed by atoms with E-state index in [1.807, 2.05) is 12.4 Å². The Morgan fingerprint density at radius 3 is 3.11 bits per heavy atom. The van der Waals surface area contributed by atoms with Crippen LogP contribution in [0.1, 0.15) is 38.2 Å². The first-order chi connectivity index (χ1) is 9.28. The van der Waals surface area contributed by atoms with Crippen LogP contribution in [0.2, 0.25) is 0 Å². The summed E-state index contributed by atoms with van der Waals surface area (Å²) in [5, 5.41) is 3.64. The minimum Gasteiger partial charge on any atom is -0.378 e. The number of aromatic nitrogens is 1. The van der Waals surface area contributed by atoms with E-state index in [9.17, 15) is 0 Å². The summed E-state index contributed by atoms with van der Waals surface area (Å²) in [6, 6.07) is 2.64. The van der Waals surface area contributed by atoms with Crippen LogP contribution in [0, 0.1) is 0 Å². The highest BCUT2D eigenvalue weighted by molar-refractivity contribution is 9.10. The molecule has 1 aliphatic heterocycles. The number of hydrogen-bond donors (Lipinski definition) is 1. The number of rotatable bonds is 7. The van der Waals surface area contributed by atoms with Crippen molar-refractivity contribution in [1.82, 2.24) is 10.3 Å². The van der Waals surface area contributed by atoms with E-state index in [0.717, 1.165) is 30.5 Å². The van der Waals surface area contributed by atoms with Crippen molar-refractivity contribution in [3.63, 3.8) is 0 Å².